The van der Waals surface area contributed by atoms with Crippen LogP contribution in [0, 0.1) is 5.92 Å². The van der Waals surface area contributed by atoms with Crippen molar-refractivity contribution >= 4 is 101 Å². The van der Waals surface area contributed by atoms with Crippen molar-refractivity contribution < 1.29 is 9.90 Å². The second-order valence-electron chi connectivity index (χ2n) is 2.59. The Morgan fingerprint density at radius 1 is 1.38 bits per heavy atom. The molecule has 0 aromatic heterocycles. The van der Waals surface area contributed by atoms with Crippen LogP contribution in [-0.4, -0.2) is 88.7 Å². The molecule has 5 heteroatoms. The van der Waals surface area contributed by atoms with Gasteiger partial charge >= 0.3 is 83.6 Å². The van der Waals surface area contributed by atoms with Crippen molar-refractivity contribution in [2.45, 2.75) is 39.5 Å². The third kappa shape index (κ3) is 14.5. The Hall–Kier alpha value is 2.47. The van der Waals surface area contributed by atoms with Gasteiger partial charge in [0.05, 0.1) is 5.92 Å². The molecular weight excluding hydrogens is 456 g/mol. The van der Waals surface area contributed by atoms with E-state index in [1.54, 1.807) is 0 Å². The summed E-state index contributed by atoms with van der Waals surface area (Å²) in [7, 11) is 0. The fourth-order valence-corrected chi connectivity index (χ4v) is 0.953. The van der Waals surface area contributed by atoms with Gasteiger partial charge in [0.25, 0.3) is 0 Å². The van der Waals surface area contributed by atoms with Crippen LogP contribution in [0.25, 0.3) is 0 Å². The number of unbranched alkanes of at least 4 members (excludes halogenated alkanes) is 1. The quantitative estimate of drug-likeness (QED) is 0.602. The monoisotopic (exact) mass is 476 g/mol. The van der Waals surface area contributed by atoms with Gasteiger partial charge in [0.15, 0.2) is 0 Å². The van der Waals surface area contributed by atoms with Crippen LogP contribution in [0.2, 0.25) is 0 Å². The van der Waals surface area contributed by atoms with Crippen LogP contribution in [0.4, 0.5) is 0 Å². The van der Waals surface area contributed by atoms with Crippen LogP contribution in [-0.2, 0) is 4.79 Å². The molecule has 0 heterocycles. The van der Waals surface area contributed by atoms with Gasteiger partial charge in [0.2, 0.25) is 0 Å². The van der Waals surface area contributed by atoms with E-state index in [2.05, 4.69) is 6.92 Å². The molecule has 78 valence electrons. The summed E-state index contributed by atoms with van der Waals surface area (Å²) in [4.78, 5) is 10.4. The SMILES string of the molecule is Br.CCCCC(CC)C(=O)O.[BiH3].[KH]. The summed E-state index contributed by atoms with van der Waals surface area (Å²) in [6.07, 6.45) is 3.71. The number of halogens is 1. The molecule has 0 saturated carbocycles. The summed E-state index contributed by atoms with van der Waals surface area (Å²) >= 11 is 0. The number of hydrogen-bond acceptors (Lipinski definition) is 1. The standard InChI is InChI=1S/C8H16O2.Bi.BrH.K.4H/c1-3-5-6-7(4-2)8(9)10;;;;;;;/h7H,3-6H2,1-2H3,(H,9,10);;1H;;;;;. The van der Waals surface area contributed by atoms with Crippen molar-refractivity contribution in [1.29, 1.82) is 0 Å². The van der Waals surface area contributed by atoms with E-state index in [4.69, 9.17) is 5.11 Å². The van der Waals surface area contributed by atoms with Crippen molar-refractivity contribution in [1.82, 2.24) is 0 Å². The minimum atomic E-state index is -0.643. The van der Waals surface area contributed by atoms with E-state index in [0.29, 0.717) is 0 Å². The van der Waals surface area contributed by atoms with Gasteiger partial charge in [-0.1, -0.05) is 26.7 Å². The molecule has 2 nitrogen and oxygen atoms in total. The minimum absolute atomic E-state index is 0. The van der Waals surface area contributed by atoms with Gasteiger partial charge in [0.1, 0.15) is 0 Å². The molecule has 0 bridgehead atoms. The van der Waals surface area contributed by atoms with Gasteiger partial charge in [-0.2, -0.15) is 0 Å². The fourth-order valence-electron chi connectivity index (χ4n) is 0.953. The first-order chi connectivity index (χ1) is 4.72. The van der Waals surface area contributed by atoms with Crippen molar-refractivity contribution in [3.05, 3.63) is 0 Å². The Balaban J connectivity index is -0.000000135. The molecular formula is C8H21BiBrKO2. The molecule has 0 rings (SSSR count). The number of rotatable bonds is 5. The summed E-state index contributed by atoms with van der Waals surface area (Å²) < 4.78 is 0. The molecule has 0 aliphatic rings. The third-order valence-corrected chi connectivity index (χ3v) is 1.75. The van der Waals surface area contributed by atoms with Crippen LogP contribution in [0.1, 0.15) is 39.5 Å². The molecule has 0 aromatic rings. The zero-order valence-corrected chi connectivity index (χ0v) is 15.1. The number of hydrogen-bond donors (Lipinski definition) is 1. The molecule has 13 heavy (non-hydrogen) atoms. The number of carboxylic acid groups (broad SMARTS) is 1. The van der Waals surface area contributed by atoms with Gasteiger partial charge in [0, 0.05) is 0 Å². The zero-order chi connectivity index (χ0) is 7.98. The maximum absolute atomic E-state index is 10.4. The van der Waals surface area contributed by atoms with E-state index in [1.165, 1.54) is 0 Å². The summed E-state index contributed by atoms with van der Waals surface area (Å²) in [5.74, 6) is -0.754. The molecule has 1 unspecified atom stereocenters. The number of carboxylic acids is 1. The Morgan fingerprint density at radius 2 is 1.85 bits per heavy atom. The third-order valence-electron chi connectivity index (χ3n) is 1.75. The topological polar surface area (TPSA) is 37.3 Å². The number of carbonyl (C=O) groups is 1. The molecule has 0 aliphatic heterocycles. The summed E-state index contributed by atoms with van der Waals surface area (Å²) in [5, 5.41) is 8.60. The van der Waals surface area contributed by atoms with Gasteiger partial charge in [-0.15, -0.1) is 17.0 Å². The average Bonchev–Trinajstić information content (AvgIpc) is 1.89. The van der Waals surface area contributed by atoms with Crippen LogP contribution >= 0.6 is 17.0 Å². The Kier molecular flexibility index (Phi) is 32.0. The zero-order valence-electron chi connectivity index (χ0n) is 7.88. The van der Waals surface area contributed by atoms with E-state index >= 15 is 0 Å². The first-order valence-corrected chi connectivity index (χ1v) is 3.95. The van der Waals surface area contributed by atoms with E-state index in [0.717, 1.165) is 25.7 Å². The van der Waals surface area contributed by atoms with Crippen LogP contribution < -0.4 is 0 Å². The molecule has 0 spiro atoms. The second-order valence-corrected chi connectivity index (χ2v) is 2.59. The van der Waals surface area contributed by atoms with Gasteiger partial charge < -0.3 is 5.11 Å². The van der Waals surface area contributed by atoms with Gasteiger partial charge in [-0.25, -0.2) is 0 Å². The van der Waals surface area contributed by atoms with Crippen LogP contribution in [0.15, 0.2) is 0 Å². The Morgan fingerprint density at radius 3 is 2.08 bits per heavy atom. The molecule has 0 saturated heterocycles. The molecule has 0 fully saturated rings. The van der Waals surface area contributed by atoms with E-state index < -0.39 is 5.97 Å². The van der Waals surface area contributed by atoms with Crippen LogP contribution in [0.5, 0.6) is 0 Å². The van der Waals surface area contributed by atoms with Crippen molar-refractivity contribution in [2.24, 2.45) is 5.92 Å². The van der Waals surface area contributed by atoms with Crippen molar-refractivity contribution in [3.63, 3.8) is 0 Å². The van der Waals surface area contributed by atoms with Gasteiger partial charge in [-0.3, -0.25) is 4.79 Å². The fraction of sp³-hybridized carbons (Fsp3) is 0.875. The molecule has 0 aliphatic carbocycles. The molecule has 0 aromatic carbocycles. The van der Waals surface area contributed by atoms with Crippen molar-refractivity contribution in [2.75, 3.05) is 0 Å². The Labute approximate surface area is 153 Å². The average molecular weight is 477 g/mol. The Bertz CT molecular complexity index is 114. The summed E-state index contributed by atoms with van der Waals surface area (Å²) in [6.45, 7) is 4.00. The predicted molar refractivity (Wildman–Crippen MR) is 68.4 cm³/mol. The molecule has 1 atom stereocenters. The molecule has 0 amide bonds. The second kappa shape index (κ2) is 16.9. The van der Waals surface area contributed by atoms with E-state index in [1.807, 2.05) is 6.92 Å². The van der Waals surface area contributed by atoms with Gasteiger partial charge in [-0.05, 0) is 12.8 Å². The summed E-state index contributed by atoms with van der Waals surface area (Å²) in [5.41, 5.74) is 0. The predicted octanol–water partition coefficient (Wildman–Crippen LogP) is 1.03. The van der Waals surface area contributed by atoms with Crippen LogP contribution in [0.3, 0.4) is 0 Å². The van der Waals surface area contributed by atoms with Crippen molar-refractivity contribution in [3.8, 4) is 0 Å². The maximum atomic E-state index is 10.4. The first kappa shape index (κ1) is 24.6. The number of aliphatic carboxylic acids is 1. The van der Waals surface area contributed by atoms with E-state index in [-0.39, 0.29) is 100 Å². The molecule has 1 N–H and O–H groups in total. The molecule has 0 radical (unpaired) electrons. The summed E-state index contributed by atoms with van der Waals surface area (Å²) in [6, 6.07) is 0. The first-order valence-electron chi connectivity index (χ1n) is 3.95. The van der Waals surface area contributed by atoms with E-state index in [9.17, 15) is 4.79 Å². The normalized spacial score (nSPS) is 10.0.